The average Bonchev–Trinajstić information content (AvgIpc) is 3.55. The summed E-state index contributed by atoms with van der Waals surface area (Å²) in [4.78, 5) is 1.84. The van der Waals surface area contributed by atoms with Crippen molar-refractivity contribution in [2.24, 2.45) is 0 Å². The van der Waals surface area contributed by atoms with Crippen LogP contribution in [0.1, 0.15) is 5.56 Å². The molecule has 1 heterocycles. The summed E-state index contributed by atoms with van der Waals surface area (Å²) >= 11 is 0. The quantitative estimate of drug-likeness (QED) is 0.132. The van der Waals surface area contributed by atoms with E-state index in [4.69, 9.17) is 65.8 Å². The predicted molar refractivity (Wildman–Crippen MR) is 226 cm³/mol. The van der Waals surface area contributed by atoms with Gasteiger partial charge in [0.1, 0.15) is 66.1 Å². The Morgan fingerprint density at radius 3 is 1.83 bits per heavy atom. The zero-order valence-corrected chi connectivity index (χ0v) is 28.3. The molecular weight excluding hydrogens is 622 g/mol. The third-order valence-electron chi connectivity index (χ3n) is 9.28. The van der Waals surface area contributed by atoms with Gasteiger partial charge in [-0.3, -0.25) is 0 Å². The SMILES string of the molecule is [B]/C(CN(c1ccc(-c2ccc3c(c2)oc2ccccc23)cc1)c1c([B])c([B])c(-c2ccccc2)c([B])c1[B])=C([B])/C(=C(/[B])C#C)c1ccccc1. The van der Waals surface area contributed by atoms with Crippen LogP contribution in [-0.4, -0.2) is 61.5 Å². The molecule has 52 heavy (non-hydrogen) atoms. The highest BCUT2D eigenvalue weighted by molar-refractivity contribution is 6.62. The highest BCUT2D eigenvalue weighted by atomic mass is 16.3. The van der Waals surface area contributed by atoms with Crippen molar-refractivity contribution in [2.45, 2.75) is 0 Å². The van der Waals surface area contributed by atoms with E-state index in [0.717, 1.165) is 44.2 Å². The van der Waals surface area contributed by atoms with Gasteiger partial charge in [-0.2, -0.15) is 0 Å². The van der Waals surface area contributed by atoms with E-state index in [1.165, 1.54) is 0 Å². The van der Waals surface area contributed by atoms with Gasteiger partial charge >= 0.3 is 0 Å². The minimum atomic E-state index is 0.0300. The van der Waals surface area contributed by atoms with Crippen molar-refractivity contribution in [1.82, 2.24) is 0 Å². The van der Waals surface area contributed by atoms with Gasteiger partial charge in [0.15, 0.2) is 0 Å². The van der Waals surface area contributed by atoms with E-state index in [2.05, 4.69) is 24.1 Å². The number of furan rings is 1. The van der Waals surface area contributed by atoms with Crippen LogP contribution in [0.5, 0.6) is 0 Å². The first-order valence-corrected chi connectivity index (χ1v) is 16.5. The standard InChI is InChI=1S/C43H24B7NO/c1-2-32(44)36(26-11-5-3-6-12-26)38(46)33(45)24-51(43-41(49)39(47)37(40(48)42(43)50)27-13-7-4-8-14-27)29-20-17-25(18-21-29)28-19-22-31-30-15-9-10-16-34(30)52-35(31)23-28/h1,3-23H,24H2/b36-32+,38-33-. The lowest BCUT2D eigenvalue weighted by Crippen LogP contribution is -2.47. The minimum Gasteiger partial charge on any atom is -0.456 e. The minimum absolute atomic E-state index is 0.0300. The summed E-state index contributed by atoms with van der Waals surface area (Å²) in [7, 11) is 47.1. The van der Waals surface area contributed by atoms with Gasteiger partial charge in [0.25, 0.3) is 0 Å². The van der Waals surface area contributed by atoms with Gasteiger partial charge in [0.05, 0.1) is 0 Å². The molecule has 0 N–H and O–H groups in total. The Kier molecular flexibility index (Phi) is 9.76. The van der Waals surface area contributed by atoms with Crippen molar-refractivity contribution in [3.05, 3.63) is 149 Å². The fraction of sp³-hybridized carbons (Fsp3) is 0.0233. The van der Waals surface area contributed by atoms with Crippen molar-refractivity contribution in [3.8, 4) is 34.6 Å². The Morgan fingerprint density at radius 1 is 0.596 bits per heavy atom. The van der Waals surface area contributed by atoms with E-state index in [0.29, 0.717) is 22.5 Å². The average molecular weight is 646 g/mol. The van der Waals surface area contributed by atoms with Crippen LogP contribution >= 0.6 is 0 Å². The molecule has 0 amide bonds. The normalized spacial score (nSPS) is 12.3. The zero-order valence-electron chi connectivity index (χ0n) is 28.3. The van der Waals surface area contributed by atoms with Crippen LogP contribution < -0.4 is 26.8 Å². The molecule has 0 saturated carbocycles. The zero-order chi connectivity index (χ0) is 36.5. The second-order valence-corrected chi connectivity index (χ2v) is 12.4. The number of benzene rings is 6. The first-order chi connectivity index (χ1) is 25.2. The Hall–Kier alpha value is -5.59. The molecule has 0 aliphatic heterocycles. The number of rotatable bonds is 8. The molecule has 0 aliphatic rings. The largest absolute Gasteiger partial charge is 0.456 e. The highest BCUT2D eigenvalue weighted by Gasteiger charge is 2.22. The molecule has 0 saturated heterocycles. The number of terminal acetylenes is 1. The summed E-state index contributed by atoms with van der Waals surface area (Å²) in [5.74, 6) is 2.51. The monoisotopic (exact) mass is 647 g/mol. The lowest BCUT2D eigenvalue weighted by atomic mass is 9.64. The summed E-state index contributed by atoms with van der Waals surface area (Å²) in [5, 5.41) is 2.12. The molecule has 0 fully saturated rings. The Bertz CT molecular complexity index is 2540. The molecule has 7 rings (SSSR count). The highest BCUT2D eigenvalue weighted by Crippen LogP contribution is 2.34. The van der Waals surface area contributed by atoms with Crippen molar-refractivity contribution >= 4 is 116 Å². The maximum atomic E-state index is 6.85. The van der Waals surface area contributed by atoms with Gasteiger partial charge in [-0.05, 0) is 69.2 Å². The lowest BCUT2D eigenvalue weighted by Gasteiger charge is -2.34. The first kappa shape index (κ1) is 34.8. The third-order valence-corrected chi connectivity index (χ3v) is 9.28. The molecule has 2 nitrogen and oxygen atoms in total. The Morgan fingerprint density at radius 2 is 1.17 bits per heavy atom. The third kappa shape index (κ3) is 6.39. The number of anilines is 2. The summed E-state index contributed by atoms with van der Waals surface area (Å²) in [5.41, 5.74) is 8.81. The summed E-state index contributed by atoms with van der Waals surface area (Å²) in [6.07, 6.45) is 5.75. The van der Waals surface area contributed by atoms with Crippen molar-refractivity contribution < 1.29 is 4.42 Å². The second-order valence-electron chi connectivity index (χ2n) is 12.4. The van der Waals surface area contributed by atoms with Crippen LogP contribution in [0.3, 0.4) is 0 Å². The molecule has 14 radical (unpaired) electrons. The van der Waals surface area contributed by atoms with Crippen molar-refractivity contribution in [2.75, 3.05) is 11.4 Å². The molecule has 228 valence electrons. The molecule has 6 aromatic carbocycles. The molecule has 0 bridgehead atoms. The topological polar surface area (TPSA) is 16.4 Å². The number of fused-ring (bicyclic) bond motifs is 3. The van der Waals surface area contributed by atoms with Gasteiger partial charge in [-0.1, -0.05) is 130 Å². The van der Waals surface area contributed by atoms with E-state index >= 15 is 0 Å². The van der Waals surface area contributed by atoms with Crippen molar-refractivity contribution in [3.63, 3.8) is 0 Å². The van der Waals surface area contributed by atoms with Gasteiger partial charge in [0, 0.05) is 28.7 Å². The van der Waals surface area contributed by atoms with Crippen LogP contribution in [0.25, 0.3) is 49.8 Å². The number of nitrogens with zero attached hydrogens (tertiary/aromatic N) is 1. The Labute approximate surface area is 314 Å². The van der Waals surface area contributed by atoms with Crippen LogP contribution in [0.15, 0.2) is 148 Å². The molecule has 0 atom stereocenters. The number of hydrogen-bond acceptors (Lipinski definition) is 2. The number of para-hydroxylation sites is 1. The maximum absolute atomic E-state index is 6.85. The number of hydrogen-bond donors (Lipinski definition) is 0. The molecule has 0 spiro atoms. The fourth-order valence-corrected chi connectivity index (χ4v) is 6.61. The molecule has 7 aromatic rings. The Balaban J connectivity index is 1.36. The van der Waals surface area contributed by atoms with Crippen LogP contribution in [0, 0.1) is 12.3 Å². The summed E-state index contributed by atoms with van der Waals surface area (Å²) in [6, 6.07) is 40.9. The van der Waals surface area contributed by atoms with Gasteiger partial charge in [-0.15, -0.1) is 11.9 Å². The van der Waals surface area contributed by atoms with E-state index in [9.17, 15) is 0 Å². The van der Waals surface area contributed by atoms with Gasteiger partial charge < -0.3 is 9.32 Å². The van der Waals surface area contributed by atoms with E-state index in [1.807, 2.05) is 114 Å². The molecule has 0 aliphatic carbocycles. The summed E-state index contributed by atoms with van der Waals surface area (Å²) in [6.45, 7) is 0.0300. The van der Waals surface area contributed by atoms with Gasteiger partial charge in [-0.25, -0.2) is 0 Å². The smallest absolute Gasteiger partial charge is 0.136 e. The summed E-state index contributed by atoms with van der Waals surface area (Å²) < 4.78 is 6.15. The van der Waals surface area contributed by atoms with E-state index < -0.39 is 0 Å². The lowest BCUT2D eigenvalue weighted by molar-refractivity contribution is 0.669. The van der Waals surface area contributed by atoms with Crippen LogP contribution in [0.2, 0.25) is 0 Å². The van der Waals surface area contributed by atoms with Crippen LogP contribution in [-0.2, 0) is 0 Å². The molecule has 0 unspecified atom stereocenters. The van der Waals surface area contributed by atoms with E-state index in [1.54, 1.807) is 0 Å². The molecular formula is C43H24B7NO. The maximum Gasteiger partial charge on any atom is 0.136 e. The van der Waals surface area contributed by atoms with E-state index in [-0.39, 0.29) is 44.8 Å². The predicted octanol–water partition coefficient (Wildman–Crippen LogP) is 4.99. The second kappa shape index (κ2) is 14.6. The van der Waals surface area contributed by atoms with Crippen LogP contribution in [0.4, 0.5) is 11.4 Å². The molecule has 1 aromatic heterocycles. The molecule has 9 heteroatoms. The van der Waals surface area contributed by atoms with Crippen molar-refractivity contribution in [1.29, 1.82) is 0 Å². The van der Waals surface area contributed by atoms with Gasteiger partial charge in [0.2, 0.25) is 0 Å². The first-order valence-electron chi connectivity index (χ1n) is 16.5. The fourth-order valence-electron chi connectivity index (χ4n) is 6.61. The number of allylic oxidation sites excluding steroid dienone is 3.